The quantitative estimate of drug-likeness (QED) is 0.875. The molecule has 1 aliphatic carbocycles. The number of anilines is 1. The van der Waals surface area contributed by atoms with E-state index in [2.05, 4.69) is 22.9 Å². The average molecular weight is 300 g/mol. The maximum atomic E-state index is 13.0. The molecular formula is C19H25FN2. The number of likely N-dealkylation sites (tertiary alicyclic amines) is 1. The molecule has 0 radical (unpaired) electrons. The minimum absolute atomic E-state index is 0.179. The summed E-state index contributed by atoms with van der Waals surface area (Å²) in [6.45, 7) is 7.29. The van der Waals surface area contributed by atoms with Crippen molar-refractivity contribution in [3.63, 3.8) is 0 Å². The highest BCUT2D eigenvalue weighted by Gasteiger charge is 2.23. The summed E-state index contributed by atoms with van der Waals surface area (Å²) in [5.41, 5.74) is 2.42. The smallest absolute Gasteiger partial charge is 0.123 e. The molecule has 1 unspecified atom stereocenters. The SMILES string of the molecule is C=CC1=CC(CN2CCC[C@H](Nc3ccc(F)cc3)C2)CC1. The lowest BCUT2D eigenvalue weighted by atomic mass is 10.0. The Balaban J connectivity index is 1.52. The van der Waals surface area contributed by atoms with Gasteiger partial charge < -0.3 is 10.2 Å². The molecule has 1 aliphatic heterocycles. The van der Waals surface area contributed by atoms with E-state index in [0.29, 0.717) is 12.0 Å². The van der Waals surface area contributed by atoms with Crippen molar-refractivity contribution >= 4 is 5.69 Å². The van der Waals surface area contributed by atoms with E-state index < -0.39 is 0 Å². The lowest BCUT2D eigenvalue weighted by molar-refractivity contribution is 0.197. The molecule has 1 aromatic rings. The zero-order chi connectivity index (χ0) is 15.4. The molecule has 22 heavy (non-hydrogen) atoms. The summed E-state index contributed by atoms with van der Waals surface area (Å²) in [5.74, 6) is 0.499. The Morgan fingerprint density at radius 1 is 1.27 bits per heavy atom. The summed E-state index contributed by atoms with van der Waals surface area (Å²) < 4.78 is 13.0. The fourth-order valence-corrected chi connectivity index (χ4v) is 3.59. The third-order valence-electron chi connectivity index (χ3n) is 4.73. The fourth-order valence-electron chi connectivity index (χ4n) is 3.59. The van der Waals surface area contributed by atoms with E-state index in [1.54, 1.807) is 0 Å². The summed E-state index contributed by atoms with van der Waals surface area (Å²) in [6, 6.07) is 7.14. The molecule has 0 amide bonds. The van der Waals surface area contributed by atoms with Gasteiger partial charge in [0.2, 0.25) is 0 Å². The maximum Gasteiger partial charge on any atom is 0.123 e. The van der Waals surface area contributed by atoms with Crippen LogP contribution in [0.2, 0.25) is 0 Å². The number of allylic oxidation sites excluding steroid dienone is 2. The van der Waals surface area contributed by atoms with Gasteiger partial charge in [-0.1, -0.05) is 24.3 Å². The van der Waals surface area contributed by atoms with Gasteiger partial charge in [0.15, 0.2) is 0 Å². The van der Waals surface area contributed by atoms with Crippen molar-refractivity contribution in [1.29, 1.82) is 0 Å². The Morgan fingerprint density at radius 3 is 2.82 bits per heavy atom. The zero-order valence-electron chi connectivity index (χ0n) is 13.1. The number of rotatable bonds is 5. The van der Waals surface area contributed by atoms with Crippen molar-refractivity contribution in [3.8, 4) is 0 Å². The van der Waals surface area contributed by atoms with Crippen LogP contribution in [0.3, 0.4) is 0 Å². The first-order chi connectivity index (χ1) is 10.7. The molecule has 118 valence electrons. The van der Waals surface area contributed by atoms with E-state index in [-0.39, 0.29) is 5.82 Å². The third-order valence-corrected chi connectivity index (χ3v) is 4.73. The Morgan fingerprint density at radius 2 is 2.09 bits per heavy atom. The van der Waals surface area contributed by atoms with Crippen LogP contribution in [-0.4, -0.2) is 30.6 Å². The number of piperidine rings is 1. The van der Waals surface area contributed by atoms with Crippen LogP contribution in [0.25, 0.3) is 0 Å². The fraction of sp³-hybridized carbons (Fsp3) is 0.474. The van der Waals surface area contributed by atoms with Crippen LogP contribution in [0.1, 0.15) is 25.7 Å². The monoisotopic (exact) mass is 300 g/mol. The number of nitrogens with zero attached hydrogens (tertiary/aromatic N) is 1. The van der Waals surface area contributed by atoms with E-state index in [1.165, 1.54) is 49.9 Å². The molecule has 0 aromatic heterocycles. The molecule has 0 bridgehead atoms. The Bertz CT molecular complexity index is 535. The topological polar surface area (TPSA) is 15.3 Å². The molecular weight excluding hydrogens is 275 g/mol. The molecule has 1 saturated heterocycles. The molecule has 2 aliphatic rings. The summed E-state index contributed by atoms with van der Waals surface area (Å²) >= 11 is 0. The van der Waals surface area contributed by atoms with Crippen molar-refractivity contribution < 1.29 is 4.39 Å². The standard InChI is InChI=1S/C19H25FN2/c1-2-15-5-6-16(12-15)13-22-11-3-4-19(14-22)21-18-9-7-17(20)8-10-18/h2,7-10,12,16,19,21H,1,3-6,11,13-14H2/t16?,19-/m0/s1. The van der Waals surface area contributed by atoms with E-state index in [0.717, 1.165) is 18.8 Å². The number of hydrogen-bond acceptors (Lipinski definition) is 2. The van der Waals surface area contributed by atoms with Crippen LogP contribution in [-0.2, 0) is 0 Å². The minimum atomic E-state index is -0.179. The second kappa shape index (κ2) is 7.10. The predicted molar refractivity (Wildman–Crippen MR) is 90.5 cm³/mol. The van der Waals surface area contributed by atoms with Crippen molar-refractivity contribution in [2.24, 2.45) is 5.92 Å². The van der Waals surface area contributed by atoms with Crippen molar-refractivity contribution in [3.05, 3.63) is 54.4 Å². The van der Waals surface area contributed by atoms with E-state index >= 15 is 0 Å². The first-order valence-electron chi connectivity index (χ1n) is 8.30. The maximum absolute atomic E-state index is 13.0. The lowest BCUT2D eigenvalue weighted by Crippen LogP contribution is -2.43. The normalized spacial score (nSPS) is 25.8. The Kier molecular flexibility index (Phi) is 4.94. The first-order valence-corrected chi connectivity index (χ1v) is 8.30. The minimum Gasteiger partial charge on any atom is -0.381 e. The van der Waals surface area contributed by atoms with Crippen molar-refractivity contribution in [1.82, 2.24) is 4.90 Å². The highest BCUT2D eigenvalue weighted by atomic mass is 19.1. The van der Waals surface area contributed by atoms with Gasteiger partial charge in [0, 0.05) is 24.8 Å². The summed E-state index contributed by atoms with van der Waals surface area (Å²) in [6.07, 6.45) is 9.24. The van der Waals surface area contributed by atoms with Gasteiger partial charge in [0.1, 0.15) is 5.82 Å². The van der Waals surface area contributed by atoms with Crippen LogP contribution in [0.4, 0.5) is 10.1 Å². The second-order valence-electron chi connectivity index (χ2n) is 6.49. The molecule has 1 fully saturated rings. The second-order valence-corrected chi connectivity index (χ2v) is 6.49. The van der Waals surface area contributed by atoms with E-state index in [4.69, 9.17) is 0 Å². The zero-order valence-corrected chi connectivity index (χ0v) is 13.1. The van der Waals surface area contributed by atoms with Gasteiger partial charge in [-0.15, -0.1) is 0 Å². The molecule has 0 spiro atoms. The largest absolute Gasteiger partial charge is 0.381 e. The van der Waals surface area contributed by atoms with Gasteiger partial charge in [-0.05, 0) is 62.4 Å². The van der Waals surface area contributed by atoms with Gasteiger partial charge in [-0.25, -0.2) is 4.39 Å². The number of hydrogen-bond donors (Lipinski definition) is 1. The Hall–Kier alpha value is -1.61. The predicted octanol–water partition coefficient (Wildman–Crippen LogP) is 4.22. The van der Waals surface area contributed by atoms with Crippen LogP contribution < -0.4 is 5.32 Å². The van der Waals surface area contributed by atoms with Gasteiger partial charge in [0.25, 0.3) is 0 Å². The van der Waals surface area contributed by atoms with Crippen LogP contribution in [0, 0.1) is 11.7 Å². The molecule has 1 aromatic carbocycles. The van der Waals surface area contributed by atoms with Crippen LogP contribution in [0.5, 0.6) is 0 Å². The molecule has 3 heteroatoms. The molecule has 2 nitrogen and oxygen atoms in total. The van der Waals surface area contributed by atoms with E-state index in [9.17, 15) is 4.39 Å². The molecule has 1 heterocycles. The lowest BCUT2D eigenvalue weighted by Gasteiger charge is -2.34. The summed E-state index contributed by atoms with van der Waals surface area (Å²) in [7, 11) is 0. The van der Waals surface area contributed by atoms with Crippen molar-refractivity contribution in [2.45, 2.75) is 31.7 Å². The molecule has 3 rings (SSSR count). The van der Waals surface area contributed by atoms with Gasteiger partial charge in [-0.2, -0.15) is 0 Å². The first kappa shape index (κ1) is 15.3. The molecule has 2 atom stereocenters. The summed E-state index contributed by atoms with van der Waals surface area (Å²) in [4.78, 5) is 2.57. The highest BCUT2D eigenvalue weighted by Crippen LogP contribution is 2.26. The highest BCUT2D eigenvalue weighted by molar-refractivity contribution is 5.43. The number of benzene rings is 1. The van der Waals surface area contributed by atoms with Gasteiger partial charge >= 0.3 is 0 Å². The summed E-state index contributed by atoms with van der Waals surface area (Å²) in [5, 5.41) is 3.54. The molecule has 0 saturated carbocycles. The number of halogens is 1. The van der Waals surface area contributed by atoms with Gasteiger partial charge in [-0.3, -0.25) is 0 Å². The van der Waals surface area contributed by atoms with Crippen LogP contribution in [0.15, 0.2) is 48.6 Å². The Labute approximate surface area is 132 Å². The third kappa shape index (κ3) is 3.98. The van der Waals surface area contributed by atoms with Crippen LogP contribution >= 0.6 is 0 Å². The van der Waals surface area contributed by atoms with Gasteiger partial charge in [0.05, 0.1) is 0 Å². The number of nitrogens with one attached hydrogen (secondary N) is 1. The average Bonchev–Trinajstić information content (AvgIpc) is 2.98. The molecule has 1 N–H and O–H groups in total. The van der Waals surface area contributed by atoms with Crippen molar-refractivity contribution in [2.75, 3.05) is 25.0 Å². The van der Waals surface area contributed by atoms with E-state index in [1.807, 2.05) is 18.2 Å².